The third-order valence-corrected chi connectivity index (χ3v) is 3.16. The van der Waals surface area contributed by atoms with Gasteiger partial charge >= 0.3 is 6.29 Å². The number of halogens is 2. The number of hydrogen-bond acceptors (Lipinski definition) is 3. The van der Waals surface area contributed by atoms with Gasteiger partial charge in [-0.1, -0.05) is 20.8 Å². The van der Waals surface area contributed by atoms with Crippen molar-refractivity contribution in [2.75, 3.05) is 5.32 Å². The Bertz CT molecular complexity index is 515. The number of nitrogens with one attached hydrogen (secondary N) is 1. The zero-order chi connectivity index (χ0) is 14.3. The van der Waals surface area contributed by atoms with Gasteiger partial charge in [0.05, 0.1) is 0 Å². The number of carbonyl (C=O) groups excluding carboxylic acids is 1. The average molecular weight is 271 g/mol. The van der Waals surface area contributed by atoms with Gasteiger partial charge in [-0.2, -0.15) is 0 Å². The molecule has 0 aromatic heterocycles. The largest absolute Gasteiger partial charge is 0.586 e. The van der Waals surface area contributed by atoms with Crippen LogP contribution in [-0.4, -0.2) is 12.2 Å². The van der Waals surface area contributed by atoms with Crippen LogP contribution in [0.3, 0.4) is 0 Å². The minimum Gasteiger partial charge on any atom is -0.395 e. The summed E-state index contributed by atoms with van der Waals surface area (Å²) >= 11 is 0. The number of alkyl halides is 2. The van der Waals surface area contributed by atoms with E-state index in [1.54, 1.807) is 0 Å². The van der Waals surface area contributed by atoms with Crippen molar-refractivity contribution in [3.05, 3.63) is 18.2 Å². The second-order valence-corrected chi connectivity index (χ2v) is 5.02. The molecule has 19 heavy (non-hydrogen) atoms. The molecule has 1 heterocycles. The van der Waals surface area contributed by atoms with E-state index in [0.29, 0.717) is 12.1 Å². The number of fused-ring (bicyclic) bond motifs is 1. The van der Waals surface area contributed by atoms with Crippen LogP contribution in [0.25, 0.3) is 0 Å². The molecule has 0 unspecified atom stereocenters. The van der Waals surface area contributed by atoms with Gasteiger partial charge in [-0.25, -0.2) is 0 Å². The number of carbonyl (C=O) groups is 1. The Morgan fingerprint density at radius 3 is 2.58 bits per heavy atom. The van der Waals surface area contributed by atoms with Gasteiger partial charge < -0.3 is 14.8 Å². The Balaban J connectivity index is 2.15. The lowest BCUT2D eigenvalue weighted by atomic mass is 9.89. The molecule has 0 aliphatic carbocycles. The molecule has 1 aromatic rings. The number of rotatable bonds is 3. The van der Waals surface area contributed by atoms with Gasteiger partial charge in [0, 0.05) is 17.2 Å². The van der Waals surface area contributed by atoms with E-state index in [4.69, 9.17) is 0 Å². The van der Waals surface area contributed by atoms with Crippen molar-refractivity contribution in [1.29, 1.82) is 0 Å². The first-order chi connectivity index (χ1) is 8.73. The van der Waals surface area contributed by atoms with E-state index in [9.17, 15) is 13.6 Å². The Labute approximate surface area is 109 Å². The van der Waals surface area contributed by atoms with Crippen molar-refractivity contribution in [1.82, 2.24) is 0 Å². The molecule has 0 fully saturated rings. The minimum atomic E-state index is -3.65. The average Bonchev–Trinajstić information content (AvgIpc) is 2.62. The molecule has 6 heteroatoms. The second kappa shape index (κ2) is 4.36. The Hall–Kier alpha value is -1.85. The Morgan fingerprint density at radius 2 is 1.95 bits per heavy atom. The molecule has 1 amide bonds. The van der Waals surface area contributed by atoms with Crippen LogP contribution in [0.1, 0.15) is 27.2 Å². The molecular weight excluding hydrogens is 256 g/mol. The molecule has 2 rings (SSSR count). The standard InChI is InChI=1S/C13H15F2NO3/c1-4-12(2,3)11(17)16-8-5-6-9-10(7-8)19-13(14,15)18-9/h5-7H,4H2,1-3H3,(H,16,17). The van der Waals surface area contributed by atoms with Gasteiger partial charge in [-0.3, -0.25) is 4.79 Å². The normalized spacial score (nSPS) is 16.3. The van der Waals surface area contributed by atoms with Gasteiger partial charge in [-0.05, 0) is 18.6 Å². The van der Waals surface area contributed by atoms with Crippen molar-refractivity contribution < 1.29 is 23.0 Å². The maximum Gasteiger partial charge on any atom is 0.586 e. The fraction of sp³-hybridized carbons (Fsp3) is 0.462. The molecule has 104 valence electrons. The first-order valence-corrected chi connectivity index (χ1v) is 5.95. The van der Waals surface area contributed by atoms with Crippen LogP contribution in [0.15, 0.2) is 18.2 Å². The topological polar surface area (TPSA) is 47.6 Å². The highest BCUT2D eigenvalue weighted by Crippen LogP contribution is 2.42. The van der Waals surface area contributed by atoms with Gasteiger partial charge in [0.2, 0.25) is 5.91 Å². The molecule has 1 N–H and O–H groups in total. The Morgan fingerprint density at radius 1 is 1.32 bits per heavy atom. The van der Waals surface area contributed by atoms with Gasteiger partial charge in [-0.15, -0.1) is 8.78 Å². The van der Waals surface area contributed by atoms with Crippen molar-refractivity contribution in [3.63, 3.8) is 0 Å². The van der Waals surface area contributed by atoms with E-state index >= 15 is 0 Å². The smallest absolute Gasteiger partial charge is 0.395 e. The SMILES string of the molecule is CCC(C)(C)C(=O)Nc1ccc2c(c1)OC(F)(F)O2. The number of amides is 1. The molecule has 0 atom stereocenters. The van der Waals surface area contributed by atoms with Crippen LogP contribution in [0, 0.1) is 5.41 Å². The molecule has 0 spiro atoms. The number of ether oxygens (including phenoxy) is 2. The number of benzene rings is 1. The highest BCUT2D eigenvalue weighted by molar-refractivity contribution is 5.95. The molecule has 4 nitrogen and oxygen atoms in total. The number of anilines is 1. The van der Waals surface area contributed by atoms with Crippen LogP contribution < -0.4 is 14.8 Å². The summed E-state index contributed by atoms with van der Waals surface area (Å²) in [5.41, 5.74) is -0.132. The van der Waals surface area contributed by atoms with Gasteiger partial charge in [0.25, 0.3) is 0 Å². The predicted molar refractivity (Wildman–Crippen MR) is 65.3 cm³/mol. The van der Waals surface area contributed by atoms with E-state index < -0.39 is 11.7 Å². The first-order valence-electron chi connectivity index (χ1n) is 5.95. The molecule has 0 saturated carbocycles. The van der Waals surface area contributed by atoms with Crippen LogP contribution in [0.2, 0.25) is 0 Å². The van der Waals surface area contributed by atoms with E-state index in [0.717, 1.165) is 0 Å². The molecule has 1 aromatic carbocycles. The van der Waals surface area contributed by atoms with Crippen molar-refractivity contribution in [2.24, 2.45) is 5.41 Å². The lowest BCUT2D eigenvalue weighted by Gasteiger charge is -2.21. The quantitative estimate of drug-likeness (QED) is 0.916. The van der Waals surface area contributed by atoms with Gasteiger partial charge in [0.15, 0.2) is 11.5 Å². The fourth-order valence-electron chi connectivity index (χ4n) is 1.49. The zero-order valence-electron chi connectivity index (χ0n) is 10.9. The van der Waals surface area contributed by atoms with E-state index in [1.165, 1.54) is 18.2 Å². The predicted octanol–water partition coefficient (Wildman–Crippen LogP) is 3.38. The molecular formula is C13H15F2NO3. The van der Waals surface area contributed by atoms with Crippen molar-refractivity contribution >= 4 is 11.6 Å². The summed E-state index contributed by atoms with van der Waals surface area (Å²) in [7, 11) is 0. The summed E-state index contributed by atoms with van der Waals surface area (Å²) in [6.45, 7) is 5.52. The summed E-state index contributed by atoms with van der Waals surface area (Å²) in [5.74, 6) is -0.310. The maximum atomic E-state index is 12.8. The molecule has 0 bridgehead atoms. The van der Waals surface area contributed by atoms with E-state index in [2.05, 4.69) is 14.8 Å². The third-order valence-electron chi connectivity index (χ3n) is 3.16. The summed E-state index contributed by atoms with van der Waals surface area (Å²) in [6, 6.07) is 4.15. The second-order valence-electron chi connectivity index (χ2n) is 5.02. The van der Waals surface area contributed by atoms with Crippen LogP contribution in [0.5, 0.6) is 11.5 Å². The Kier molecular flexibility index (Phi) is 3.12. The van der Waals surface area contributed by atoms with Crippen LogP contribution >= 0.6 is 0 Å². The van der Waals surface area contributed by atoms with Gasteiger partial charge in [0.1, 0.15) is 0 Å². The minimum absolute atomic E-state index is 0.0437. The van der Waals surface area contributed by atoms with Crippen molar-refractivity contribution in [2.45, 2.75) is 33.5 Å². The number of hydrogen-bond donors (Lipinski definition) is 1. The summed E-state index contributed by atoms with van der Waals surface area (Å²) in [6.07, 6.45) is -2.98. The van der Waals surface area contributed by atoms with Crippen LogP contribution in [-0.2, 0) is 4.79 Å². The zero-order valence-corrected chi connectivity index (χ0v) is 10.9. The molecule has 1 aliphatic heterocycles. The molecule has 0 saturated heterocycles. The summed E-state index contributed by atoms with van der Waals surface area (Å²) < 4.78 is 34.3. The highest BCUT2D eigenvalue weighted by Gasteiger charge is 2.43. The third kappa shape index (κ3) is 2.77. The monoisotopic (exact) mass is 271 g/mol. The maximum absolute atomic E-state index is 12.8. The molecule has 1 aliphatic rings. The first kappa shape index (κ1) is 13.6. The highest BCUT2D eigenvalue weighted by atomic mass is 19.3. The lowest BCUT2D eigenvalue weighted by Crippen LogP contribution is -2.29. The summed E-state index contributed by atoms with van der Waals surface area (Å²) in [4.78, 5) is 12.0. The van der Waals surface area contributed by atoms with Crippen molar-refractivity contribution in [3.8, 4) is 11.5 Å². The molecule has 0 radical (unpaired) electrons. The lowest BCUT2D eigenvalue weighted by molar-refractivity contribution is -0.286. The summed E-state index contributed by atoms with van der Waals surface area (Å²) in [5, 5.41) is 2.67. The van der Waals surface area contributed by atoms with Crippen LogP contribution in [0.4, 0.5) is 14.5 Å². The van der Waals surface area contributed by atoms with E-state index in [-0.39, 0.29) is 17.4 Å². The van der Waals surface area contributed by atoms with E-state index in [1.807, 2.05) is 20.8 Å². The fourth-order valence-corrected chi connectivity index (χ4v) is 1.49.